The number of rotatable bonds is 5. The normalized spacial score (nSPS) is 10.2. The van der Waals surface area contributed by atoms with Gasteiger partial charge < -0.3 is 0 Å². The molecule has 14 heavy (non-hydrogen) atoms. The predicted molar refractivity (Wildman–Crippen MR) is 61.3 cm³/mol. The molecule has 0 aromatic heterocycles. The lowest BCUT2D eigenvalue weighted by atomic mass is 10.2. The van der Waals surface area contributed by atoms with Gasteiger partial charge in [0.15, 0.2) is 0 Å². The average molecular weight is 185 g/mol. The molecule has 0 atom stereocenters. The molecule has 1 rings (SSSR count). The van der Waals surface area contributed by atoms with Crippen molar-refractivity contribution in [1.82, 2.24) is 0 Å². The number of hydrogen-bond acceptors (Lipinski definition) is 1. The van der Waals surface area contributed by atoms with Gasteiger partial charge >= 0.3 is 0 Å². The highest BCUT2D eigenvalue weighted by molar-refractivity contribution is 5.57. The standard InChI is InChI=1S/C13H15N/c1-2-3-4-8-11-14-12-13-9-6-5-7-10-13/h1,5-7,9-11H,3-4,8,12H2. The molecule has 0 unspecified atom stereocenters. The second-order valence-corrected chi connectivity index (χ2v) is 3.11. The maximum atomic E-state index is 5.14. The minimum atomic E-state index is 0.775. The number of unbranched alkanes of at least 4 members (excludes halogenated alkanes) is 2. The Bertz CT molecular complexity index is 306. The molecule has 0 spiro atoms. The fourth-order valence-corrected chi connectivity index (χ4v) is 1.14. The van der Waals surface area contributed by atoms with E-state index in [-0.39, 0.29) is 0 Å². The second-order valence-electron chi connectivity index (χ2n) is 3.11. The van der Waals surface area contributed by atoms with E-state index in [1.807, 2.05) is 24.4 Å². The van der Waals surface area contributed by atoms with Crippen LogP contribution in [-0.4, -0.2) is 6.21 Å². The number of aliphatic imine (C=N–C) groups is 1. The van der Waals surface area contributed by atoms with Gasteiger partial charge in [0.25, 0.3) is 0 Å². The minimum absolute atomic E-state index is 0.775. The Kier molecular flexibility index (Phi) is 5.20. The van der Waals surface area contributed by atoms with E-state index in [2.05, 4.69) is 23.0 Å². The third-order valence-electron chi connectivity index (χ3n) is 1.90. The first-order valence-corrected chi connectivity index (χ1v) is 4.89. The quantitative estimate of drug-likeness (QED) is 0.380. The molecule has 0 aliphatic rings. The molecule has 0 bridgehead atoms. The summed E-state index contributed by atoms with van der Waals surface area (Å²) in [5.41, 5.74) is 1.25. The smallest absolute Gasteiger partial charge is 0.0635 e. The van der Waals surface area contributed by atoms with Crippen molar-refractivity contribution in [3.05, 3.63) is 35.9 Å². The third-order valence-corrected chi connectivity index (χ3v) is 1.90. The van der Waals surface area contributed by atoms with Crippen LogP contribution in [0, 0.1) is 12.3 Å². The Morgan fingerprint density at radius 2 is 2.07 bits per heavy atom. The van der Waals surface area contributed by atoms with Gasteiger partial charge in [-0.05, 0) is 24.6 Å². The van der Waals surface area contributed by atoms with Crippen molar-refractivity contribution in [2.45, 2.75) is 25.8 Å². The summed E-state index contributed by atoms with van der Waals surface area (Å²) in [7, 11) is 0. The van der Waals surface area contributed by atoms with Crippen LogP contribution < -0.4 is 0 Å². The summed E-state index contributed by atoms with van der Waals surface area (Å²) in [5.74, 6) is 2.61. The van der Waals surface area contributed by atoms with Gasteiger partial charge in [-0.3, -0.25) is 4.99 Å². The largest absolute Gasteiger partial charge is 0.293 e. The van der Waals surface area contributed by atoms with Crippen LogP contribution in [0.1, 0.15) is 24.8 Å². The fourth-order valence-electron chi connectivity index (χ4n) is 1.14. The van der Waals surface area contributed by atoms with Crippen LogP contribution in [0.5, 0.6) is 0 Å². The van der Waals surface area contributed by atoms with Crippen LogP contribution in [0.15, 0.2) is 35.3 Å². The lowest BCUT2D eigenvalue weighted by Gasteiger charge is -1.94. The summed E-state index contributed by atoms with van der Waals surface area (Å²) in [5, 5.41) is 0. The Morgan fingerprint density at radius 1 is 1.29 bits per heavy atom. The highest BCUT2D eigenvalue weighted by Gasteiger charge is 1.86. The number of terminal acetylenes is 1. The molecule has 0 saturated carbocycles. The topological polar surface area (TPSA) is 12.4 Å². The van der Waals surface area contributed by atoms with Crippen molar-refractivity contribution in [1.29, 1.82) is 0 Å². The number of benzene rings is 1. The van der Waals surface area contributed by atoms with E-state index in [0.717, 1.165) is 25.8 Å². The maximum absolute atomic E-state index is 5.14. The third kappa shape index (κ3) is 4.47. The minimum Gasteiger partial charge on any atom is -0.293 e. The molecule has 0 aliphatic heterocycles. The molecule has 0 heterocycles. The van der Waals surface area contributed by atoms with Crippen molar-refractivity contribution < 1.29 is 0 Å². The van der Waals surface area contributed by atoms with E-state index in [9.17, 15) is 0 Å². The molecule has 0 fully saturated rings. The van der Waals surface area contributed by atoms with Crippen molar-refractivity contribution in [2.24, 2.45) is 4.99 Å². The van der Waals surface area contributed by atoms with Gasteiger partial charge in [0.05, 0.1) is 6.54 Å². The van der Waals surface area contributed by atoms with E-state index in [1.165, 1.54) is 5.56 Å². The zero-order valence-electron chi connectivity index (χ0n) is 8.32. The van der Waals surface area contributed by atoms with Crippen molar-refractivity contribution >= 4 is 6.21 Å². The lowest BCUT2D eigenvalue weighted by molar-refractivity contribution is 0.915. The van der Waals surface area contributed by atoms with Crippen molar-refractivity contribution in [2.75, 3.05) is 0 Å². The second kappa shape index (κ2) is 6.91. The van der Waals surface area contributed by atoms with Gasteiger partial charge in [-0.15, -0.1) is 12.3 Å². The van der Waals surface area contributed by atoms with Crippen molar-refractivity contribution in [3.8, 4) is 12.3 Å². The first-order chi connectivity index (χ1) is 6.93. The lowest BCUT2D eigenvalue weighted by Crippen LogP contribution is -1.82. The van der Waals surface area contributed by atoms with Crippen LogP contribution in [0.2, 0.25) is 0 Å². The fraction of sp³-hybridized carbons (Fsp3) is 0.308. The Morgan fingerprint density at radius 3 is 2.79 bits per heavy atom. The molecule has 1 nitrogen and oxygen atoms in total. The summed E-state index contributed by atoms with van der Waals surface area (Å²) in [6.45, 7) is 0.775. The van der Waals surface area contributed by atoms with E-state index in [1.54, 1.807) is 0 Å². The molecule has 1 aromatic carbocycles. The Labute approximate surface area is 85.9 Å². The summed E-state index contributed by atoms with van der Waals surface area (Å²) < 4.78 is 0. The predicted octanol–water partition coefficient (Wildman–Crippen LogP) is 3.06. The zero-order chi connectivity index (χ0) is 10.1. The maximum Gasteiger partial charge on any atom is 0.0635 e. The number of nitrogens with zero attached hydrogens (tertiary/aromatic N) is 1. The first kappa shape index (κ1) is 10.5. The van der Waals surface area contributed by atoms with Gasteiger partial charge in [-0.1, -0.05) is 30.3 Å². The molecular formula is C13H15N. The highest BCUT2D eigenvalue weighted by Crippen LogP contribution is 2.00. The van der Waals surface area contributed by atoms with Gasteiger partial charge in [0.1, 0.15) is 0 Å². The molecule has 1 aromatic rings. The van der Waals surface area contributed by atoms with Crippen LogP contribution in [-0.2, 0) is 6.54 Å². The Balaban J connectivity index is 2.18. The first-order valence-electron chi connectivity index (χ1n) is 4.89. The molecule has 0 saturated heterocycles. The van der Waals surface area contributed by atoms with Gasteiger partial charge in [0.2, 0.25) is 0 Å². The van der Waals surface area contributed by atoms with E-state index in [4.69, 9.17) is 6.42 Å². The van der Waals surface area contributed by atoms with Gasteiger partial charge in [0, 0.05) is 6.42 Å². The summed E-state index contributed by atoms with van der Waals surface area (Å²) in [6, 6.07) is 10.2. The van der Waals surface area contributed by atoms with Crippen LogP contribution in [0.25, 0.3) is 0 Å². The number of hydrogen-bond donors (Lipinski definition) is 0. The van der Waals surface area contributed by atoms with E-state index < -0.39 is 0 Å². The van der Waals surface area contributed by atoms with Crippen LogP contribution >= 0.6 is 0 Å². The molecular weight excluding hydrogens is 170 g/mol. The van der Waals surface area contributed by atoms with Crippen LogP contribution in [0.4, 0.5) is 0 Å². The zero-order valence-corrected chi connectivity index (χ0v) is 8.32. The Hall–Kier alpha value is -1.55. The SMILES string of the molecule is C#CCCCC=NCc1ccccc1. The molecule has 0 N–H and O–H groups in total. The summed E-state index contributed by atoms with van der Waals surface area (Å²) in [4.78, 5) is 4.32. The van der Waals surface area contributed by atoms with Crippen molar-refractivity contribution in [3.63, 3.8) is 0 Å². The average Bonchev–Trinajstić information content (AvgIpc) is 2.25. The molecule has 1 heteroatoms. The molecule has 0 radical (unpaired) electrons. The summed E-state index contributed by atoms with van der Waals surface area (Å²) >= 11 is 0. The highest BCUT2D eigenvalue weighted by atomic mass is 14.7. The molecule has 72 valence electrons. The van der Waals surface area contributed by atoms with Gasteiger partial charge in [-0.2, -0.15) is 0 Å². The van der Waals surface area contributed by atoms with E-state index >= 15 is 0 Å². The van der Waals surface area contributed by atoms with Crippen LogP contribution in [0.3, 0.4) is 0 Å². The molecule has 0 amide bonds. The summed E-state index contributed by atoms with van der Waals surface area (Å²) in [6.07, 6.45) is 9.97. The monoisotopic (exact) mass is 185 g/mol. The van der Waals surface area contributed by atoms with E-state index in [0.29, 0.717) is 0 Å². The van der Waals surface area contributed by atoms with Gasteiger partial charge in [-0.25, -0.2) is 0 Å². The molecule has 0 aliphatic carbocycles.